The molecule has 0 bridgehead atoms. The lowest BCUT2D eigenvalue weighted by atomic mass is 10.1. The molecule has 0 spiro atoms. The van der Waals surface area contributed by atoms with Crippen LogP contribution in [0.5, 0.6) is 0 Å². The van der Waals surface area contributed by atoms with Crippen LogP contribution in [0, 0.1) is 0 Å². The zero-order valence-corrected chi connectivity index (χ0v) is 19.3. The Morgan fingerprint density at radius 1 is 0.879 bits per heavy atom. The maximum absolute atomic E-state index is 12.7. The Hall–Kier alpha value is -3.53. The lowest BCUT2D eigenvalue weighted by molar-refractivity contribution is -0.0258. The molecule has 0 saturated carbocycles. The molecule has 0 aliphatic carbocycles. The van der Waals surface area contributed by atoms with Crippen molar-refractivity contribution in [3.63, 3.8) is 0 Å². The summed E-state index contributed by atoms with van der Waals surface area (Å²) in [5.74, 6) is -0.580. The third kappa shape index (κ3) is 5.83. The van der Waals surface area contributed by atoms with E-state index in [4.69, 9.17) is 4.84 Å². The molecule has 172 valence electrons. The topological polar surface area (TPSA) is 105 Å². The summed E-state index contributed by atoms with van der Waals surface area (Å²) in [6.07, 6.45) is 0. The standard InChI is InChI=1S/C24H25N3O5S/c1-17(20-10-7-11-21(16-20)26-24(29)18-8-5-4-6-9-18)25-23(28)19-12-14-22(15-13-19)33(30,31)27(2)32-3/h4-17H,1-3H3,(H,25,28)(H,26,29). The molecule has 0 aliphatic heterocycles. The van der Waals surface area contributed by atoms with Crippen molar-refractivity contribution in [1.82, 2.24) is 9.79 Å². The number of hydrogen-bond donors (Lipinski definition) is 2. The van der Waals surface area contributed by atoms with Gasteiger partial charge in [0.25, 0.3) is 21.8 Å². The van der Waals surface area contributed by atoms with E-state index in [-0.39, 0.29) is 22.8 Å². The highest BCUT2D eigenvalue weighted by Gasteiger charge is 2.21. The van der Waals surface area contributed by atoms with Crippen LogP contribution in [0.15, 0.2) is 83.8 Å². The van der Waals surface area contributed by atoms with Gasteiger partial charge < -0.3 is 10.6 Å². The predicted molar refractivity (Wildman–Crippen MR) is 125 cm³/mol. The summed E-state index contributed by atoms with van der Waals surface area (Å²) in [6, 6.07) is 21.3. The molecule has 0 aromatic heterocycles. The van der Waals surface area contributed by atoms with Gasteiger partial charge in [0, 0.05) is 23.9 Å². The quantitative estimate of drug-likeness (QED) is 0.493. The second-order valence-electron chi connectivity index (χ2n) is 7.26. The average molecular weight is 468 g/mol. The first kappa shape index (κ1) is 24.1. The molecule has 2 N–H and O–H groups in total. The summed E-state index contributed by atoms with van der Waals surface area (Å²) in [5, 5.41) is 5.73. The van der Waals surface area contributed by atoms with Gasteiger partial charge in [-0.2, -0.15) is 0 Å². The Balaban J connectivity index is 1.67. The zero-order valence-electron chi connectivity index (χ0n) is 18.5. The molecule has 0 saturated heterocycles. The molecular formula is C24H25N3O5S. The molecule has 1 unspecified atom stereocenters. The average Bonchev–Trinajstić information content (AvgIpc) is 2.84. The number of carbonyl (C=O) groups is 2. The lowest BCUT2D eigenvalue weighted by Crippen LogP contribution is -2.27. The lowest BCUT2D eigenvalue weighted by Gasteiger charge is -2.17. The summed E-state index contributed by atoms with van der Waals surface area (Å²) < 4.78 is 25.3. The number of rotatable bonds is 8. The van der Waals surface area contributed by atoms with Gasteiger partial charge in [-0.3, -0.25) is 14.4 Å². The van der Waals surface area contributed by atoms with Gasteiger partial charge in [-0.25, -0.2) is 8.42 Å². The normalized spacial score (nSPS) is 12.2. The molecule has 0 heterocycles. The van der Waals surface area contributed by atoms with Crippen molar-refractivity contribution in [2.45, 2.75) is 17.9 Å². The van der Waals surface area contributed by atoms with Gasteiger partial charge in [0.1, 0.15) is 0 Å². The molecule has 9 heteroatoms. The maximum atomic E-state index is 12.7. The van der Waals surface area contributed by atoms with Crippen molar-refractivity contribution in [2.75, 3.05) is 19.5 Å². The fourth-order valence-electron chi connectivity index (χ4n) is 3.07. The second kappa shape index (κ2) is 10.4. The second-order valence-corrected chi connectivity index (χ2v) is 9.20. The Morgan fingerprint density at radius 3 is 2.15 bits per heavy atom. The first-order valence-electron chi connectivity index (χ1n) is 10.1. The molecule has 0 fully saturated rings. The highest BCUT2D eigenvalue weighted by Crippen LogP contribution is 2.20. The number of sulfonamides is 1. The number of amides is 2. The maximum Gasteiger partial charge on any atom is 0.264 e. The van der Waals surface area contributed by atoms with Gasteiger partial charge in [-0.1, -0.05) is 34.8 Å². The van der Waals surface area contributed by atoms with Crippen molar-refractivity contribution in [1.29, 1.82) is 0 Å². The van der Waals surface area contributed by atoms with Crippen LogP contribution in [0.2, 0.25) is 0 Å². The molecule has 3 aromatic carbocycles. The molecule has 3 aromatic rings. The minimum atomic E-state index is -3.79. The first-order valence-corrected chi connectivity index (χ1v) is 11.6. The molecule has 0 radical (unpaired) electrons. The highest BCUT2D eigenvalue weighted by atomic mass is 32.2. The number of hydroxylamine groups is 1. The molecule has 8 nitrogen and oxygen atoms in total. The molecule has 1 atom stereocenters. The van der Waals surface area contributed by atoms with Gasteiger partial charge in [-0.05, 0) is 61.0 Å². The number of benzene rings is 3. The molecule has 3 rings (SSSR count). The van der Waals surface area contributed by atoms with Crippen molar-refractivity contribution >= 4 is 27.5 Å². The smallest absolute Gasteiger partial charge is 0.264 e. The molecular weight excluding hydrogens is 442 g/mol. The van der Waals surface area contributed by atoms with Crippen molar-refractivity contribution in [3.8, 4) is 0 Å². The van der Waals surface area contributed by atoms with Gasteiger partial charge >= 0.3 is 0 Å². The fraction of sp³-hybridized carbons (Fsp3) is 0.167. The SMILES string of the molecule is CON(C)S(=O)(=O)c1ccc(C(=O)NC(C)c2cccc(NC(=O)c3ccccc3)c2)cc1. The van der Waals surface area contributed by atoms with Crippen molar-refractivity contribution in [2.24, 2.45) is 0 Å². The van der Waals surface area contributed by atoms with Crippen molar-refractivity contribution < 1.29 is 22.8 Å². The van der Waals surface area contributed by atoms with Crippen LogP contribution >= 0.6 is 0 Å². The van der Waals surface area contributed by atoms with Crippen LogP contribution in [-0.2, 0) is 14.9 Å². The van der Waals surface area contributed by atoms with E-state index in [2.05, 4.69) is 10.6 Å². The van der Waals surface area contributed by atoms with Gasteiger partial charge in [0.2, 0.25) is 0 Å². The molecule has 33 heavy (non-hydrogen) atoms. The Labute approximate surface area is 193 Å². The van der Waals surface area contributed by atoms with Crippen LogP contribution in [0.25, 0.3) is 0 Å². The molecule has 0 aliphatic rings. The summed E-state index contributed by atoms with van der Waals surface area (Å²) in [6.45, 7) is 1.82. The third-order valence-electron chi connectivity index (χ3n) is 5.04. The van der Waals surface area contributed by atoms with Crippen LogP contribution in [0.1, 0.15) is 39.2 Å². The van der Waals surface area contributed by atoms with E-state index in [0.29, 0.717) is 16.8 Å². The Morgan fingerprint density at radius 2 is 1.52 bits per heavy atom. The van der Waals surface area contributed by atoms with E-state index in [1.165, 1.54) is 38.4 Å². The zero-order chi connectivity index (χ0) is 24.0. The van der Waals surface area contributed by atoms with Gasteiger partial charge in [0.05, 0.1) is 18.0 Å². The number of carbonyl (C=O) groups excluding carboxylic acids is 2. The van der Waals surface area contributed by atoms with E-state index >= 15 is 0 Å². The van der Waals surface area contributed by atoms with E-state index in [0.717, 1.165) is 10.0 Å². The largest absolute Gasteiger partial charge is 0.346 e. The van der Waals surface area contributed by atoms with E-state index < -0.39 is 10.0 Å². The highest BCUT2D eigenvalue weighted by molar-refractivity contribution is 7.89. The van der Waals surface area contributed by atoms with E-state index in [1.807, 2.05) is 19.1 Å². The summed E-state index contributed by atoms with van der Waals surface area (Å²) in [7, 11) is -1.25. The van der Waals surface area contributed by atoms with Gasteiger partial charge in [-0.15, -0.1) is 0 Å². The minimum Gasteiger partial charge on any atom is -0.346 e. The predicted octanol–water partition coefficient (Wildman–Crippen LogP) is 3.61. The van der Waals surface area contributed by atoms with E-state index in [1.54, 1.807) is 42.5 Å². The van der Waals surface area contributed by atoms with E-state index in [9.17, 15) is 18.0 Å². The van der Waals surface area contributed by atoms with Crippen LogP contribution in [-0.4, -0.2) is 38.9 Å². The monoisotopic (exact) mass is 467 g/mol. The summed E-state index contributed by atoms with van der Waals surface area (Å²) in [4.78, 5) is 29.8. The Kier molecular flexibility index (Phi) is 7.59. The minimum absolute atomic E-state index is 0.0123. The first-order chi connectivity index (χ1) is 15.7. The number of anilines is 1. The molecule has 2 amide bonds. The third-order valence-corrected chi connectivity index (χ3v) is 6.73. The van der Waals surface area contributed by atoms with Crippen molar-refractivity contribution in [3.05, 3.63) is 95.6 Å². The number of nitrogens with one attached hydrogen (secondary N) is 2. The van der Waals surface area contributed by atoms with Crippen LogP contribution in [0.3, 0.4) is 0 Å². The fourth-order valence-corrected chi connectivity index (χ4v) is 4.04. The van der Waals surface area contributed by atoms with Crippen LogP contribution in [0.4, 0.5) is 5.69 Å². The number of nitrogens with zero attached hydrogens (tertiary/aromatic N) is 1. The Bertz CT molecular complexity index is 1230. The number of hydrogen-bond acceptors (Lipinski definition) is 5. The summed E-state index contributed by atoms with van der Waals surface area (Å²) in [5.41, 5.74) is 2.27. The summed E-state index contributed by atoms with van der Waals surface area (Å²) >= 11 is 0. The van der Waals surface area contributed by atoms with Crippen LogP contribution < -0.4 is 10.6 Å². The van der Waals surface area contributed by atoms with Gasteiger partial charge in [0.15, 0.2) is 0 Å².